The van der Waals surface area contributed by atoms with Gasteiger partial charge in [0.25, 0.3) is 5.91 Å². The Morgan fingerprint density at radius 3 is 2.26 bits per heavy atom. The van der Waals surface area contributed by atoms with Gasteiger partial charge in [-0.3, -0.25) is 29.0 Å². The summed E-state index contributed by atoms with van der Waals surface area (Å²) in [6.07, 6.45) is 3.72. The molecule has 0 saturated carbocycles. The number of aromatic nitrogens is 1. The van der Waals surface area contributed by atoms with E-state index in [2.05, 4.69) is 49.9 Å². The topological polar surface area (TPSA) is 165 Å². The molecule has 2 aromatic rings. The lowest BCUT2D eigenvalue weighted by Crippen LogP contribution is -2.61. The molecule has 3 rings (SSSR count). The molecule has 1 saturated heterocycles. The van der Waals surface area contributed by atoms with Gasteiger partial charge in [-0.2, -0.15) is 0 Å². The first-order valence-corrected chi connectivity index (χ1v) is 21.3. The summed E-state index contributed by atoms with van der Waals surface area (Å²) in [6, 6.07) is 6.98. The third-order valence-electron chi connectivity index (χ3n) is 10.0. The Labute approximate surface area is 315 Å². The number of pyridine rings is 1. The third kappa shape index (κ3) is 11.7. The van der Waals surface area contributed by atoms with E-state index in [1.807, 2.05) is 57.2 Å². The molecule has 1 aromatic heterocycles. The standard InChI is InChI=1S/C39H59N5O8Si/c1-23(2)34(36(47)40-24(3)37(48)44-21-13-14-32(43-44)38(49)50-10)42-35(46)30(25(4)52-53(11,12)39(7,8)9)19-16-28-15-17-29-18-20-31(41-33(29)22-28)26(5)51-27(6)45/h15-20,22-26,30,32,34,43H,13-14,21H2,1-12H3,(H,40,47)(H,42,46)/t24-,25+,26+,30+,32-,34-/m0/s1. The van der Waals surface area contributed by atoms with Crippen molar-refractivity contribution < 1.29 is 37.9 Å². The van der Waals surface area contributed by atoms with Crippen LogP contribution in [0.1, 0.15) is 92.5 Å². The van der Waals surface area contributed by atoms with Crippen molar-refractivity contribution in [3.05, 3.63) is 47.7 Å². The van der Waals surface area contributed by atoms with Crippen molar-refractivity contribution in [2.75, 3.05) is 13.7 Å². The predicted octanol–water partition coefficient (Wildman–Crippen LogP) is 5.21. The van der Waals surface area contributed by atoms with Crippen LogP contribution in [-0.2, 0) is 37.9 Å². The van der Waals surface area contributed by atoms with Gasteiger partial charge in [0.05, 0.1) is 30.3 Å². The molecule has 0 spiro atoms. The summed E-state index contributed by atoms with van der Waals surface area (Å²) in [7, 11) is -1.02. The minimum Gasteiger partial charge on any atom is -0.468 e. The van der Waals surface area contributed by atoms with Gasteiger partial charge in [0, 0.05) is 18.9 Å². The number of esters is 2. The van der Waals surface area contributed by atoms with Crippen molar-refractivity contribution in [2.24, 2.45) is 11.8 Å². The molecule has 3 amide bonds. The molecule has 3 N–H and O–H groups in total. The van der Waals surface area contributed by atoms with Crippen molar-refractivity contribution in [1.29, 1.82) is 0 Å². The monoisotopic (exact) mass is 753 g/mol. The highest BCUT2D eigenvalue weighted by Crippen LogP contribution is 2.38. The third-order valence-corrected chi connectivity index (χ3v) is 14.6. The highest BCUT2D eigenvalue weighted by molar-refractivity contribution is 6.74. The molecule has 0 radical (unpaired) electrons. The fourth-order valence-electron chi connectivity index (χ4n) is 5.82. The average Bonchev–Trinajstić information content (AvgIpc) is 3.08. The van der Waals surface area contributed by atoms with E-state index in [4.69, 9.17) is 18.9 Å². The van der Waals surface area contributed by atoms with Crippen LogP contribution in [0.2, 0.25) is 18.1 Å². The smallest absolute Gasteiger partial charge is 0.324 e. The summed E-state index contributed by atoms with van der Waals surface area (Å²) in [5, 5.41) is 7.85. The van der Waals surface area contributed by atoms with E-state index in [0.717, 1.165) is 10.9 Å². The maximum Gasteiger partial charge on any atom is 0.324 e. The second-order valence-corrected chi connectivity index (χ2v) is 20.5. The molecular formula is C39H59N5O8Si. The van der Waals surface area contributed by atoms with Gasteiger partial charge in [0.15, 0.2) is 8.32 Å². The van der Waals surface area contributed by atoms with Crippen molar-refractivity contribution >= 4 is 55.0 Å². The second-order valence-electron chi connectivity index (χ2n) is 15.7. The maximum absolute atomic E-state index is 14.2. The lowest BCUT2D eigenvalue weighted by Gasteiger charge is -2.40. The zero-order valence-corrected chi connectivity index (χ0v) is 34.4. The van der Waals surface area contributed by atoms with Gasteiger partial charge < -0.3 is 24.5 Å². The van der Waals surface area contributed by atoms with Gasteiger partial charge in [-0.1, -0.05) is 65.0 Å². The summed E-state index contributed by atoms with van der Waals surface area (Å²) in [5.74, 6) is -3.24. The number of nitrogens with one attached hydrogen (secondary N) is 3. The molecule has 0 bridgehead atoms. The molecular weight excluding hydrogens is 695 g/mol. The minimum atomic E-state index is -2.32. The SMILES string of the molecule is COC(=O)[C@@H]1CCCN(C(=O)[C@H](C)NC(=O)[C@@H](NC(=O)[C@H](C=Cc2ccc3ccc([C@@H](C)OC(C)=O)nc3c2)[C@@H](C)O[Si](C)(C)C(C)(C)C)C(C)C)N1. The van der Waals surface area contributed by atoms with Gasteiger partial charge >= 0.3 is 11.9 Å². The number of hydrogen-bond donors (Lipinski definition) is 3. The molecule has 0 aliphatic carbocycles. The zero-order chi connectivity index (χ0) is 39.8. The Kier molecular flexibility index (Phi) is 14.9. The number of nitrogens with zero attached hydrogens (tertiary/aromatic N) is 2. The fraction of sp³-hybridized carbons (Fsp3) is 0.590. The number of amides is 3. The normalized spacial score (nSPS) is 18.2. The van der Waals surface area contributed by atoms with E-state index < -0.39 is 68.3 Å². The molecule has 1 aliphatic rings. The van der Waals surface area contributed by atoms with Gasteiger partial charge in [0.1, 0.15) is 24.2 Å². The molecule has 2 heterocycles. The van der Waals surface area contributed by atoms with Crippen molar-refractivity contribution in [3.8, 4) is 0 Å². The lowest BCUT2D eigenvalue weighted by atomic mass is 9.97. The van der Waals surface area contributed by atoms with Crippen LogP contribution in [0, 0.1) is 11.8 Å². The van der Waals surface area contributed by atoms with Crippen molar-refractivity contribution in [1.82, 2.24) is 26.1 Å². The minimum absolute atomic E-state index is 0.111. The van der Waals surface area contributed by atoms with Gasteiger partial charge in [0.2, 0.25) is 11.8 Å². The Morgan fingerprint density at radius 2 is 1.66 bits per heavy atom. The van der Waals surface area contributed by atoms with Crippen LogP contribution >= 0.6 is 0 Å². The molecule has 13 nitrogen and oxygen atoms in total. The fourth-order valence-corrected chi connectivity index (χ4v) is 7.25. The van der Waals surface area contributed by atoms with Crippen LogP contribution in [0.3, 0.4) is 0 Å². The number of hydrogen-bond acceptors (Lipinski definition) is 10. The first-order valence-electron chi connectivity index (χ1n) is 18.3. The van der Waals surface area contributed by atoms with Crippen LogP contribution in [0.15, 0.2) is 36.4 Å². The molecule has 14 heteroatoms. The van der Waals surface area contributed by atoms with Crippen LogP contribution in [-0.4, -0.2) is 85.9 Å². The first-order chi connectivity index (χ1) is 24.6. The van der Waals surface area contributed by atoms with E-state index in [0.29, 0.717) is 30.6 Å². The molecule has 53 heavy (non-hydrogen) atoms. The average molecular weight is 754 g/mol. The van der Waals surface area contributed by atoms with E-state index in [1.54, 1.807) is 19.9 Å². The van der Waals surface area contributed by atoms with Crippen LogP contribution in [0.4, 0.5) is 0 Å². The largest absolute Gasteiger partial charge is 0.468 e. The summed E-state index contributed by atoms with van der Waals surface area (Å²) in [5.41, 5.74) is 5.02. The Bertz CT molecular complexity index is 1670. The number of carbonyl (C=O) groups is 5. The lowest BCUT2D eigenvalue weighted by molar-refractivity contribution is -0.151. The van der Waals surface area contributed by atoms with Gasteiger partial charge in [-0.05, 0) is 75.4 Å². The second kappa shape index (κ2) is 18.3. The Balaban J connectivity index is 1.86. The summed E-state index contributed by atoms with van der Waals surface area (Å²) >= 11 is 0. The zero-order valence-electron chi connectivity index (χ0n) is 33.4. The molecule has 1 fully saturated rings. The number of hydrazine groups is 1. The number of ether oxygens (including phenoxy) is 2. The number of rotatable bonds is 14. The van der Waals surface area contributed by atoms with Crippen molar-refractivity contribution in [2.45, 2.75) is 124 Å². The summed E-state index contributed by atoms with van der Waals surface area (Å²) < 4.78 is 16.8. The Hall–Kier alpha value is -4.14. The van der Waals surface area contributed by atoms with Gasteiger partial charge in [-0.25, -0.2) is 10.4 Å². The highest BCUT2D eigenvalue weighted by Gasteiger charge is 2.41. The van der Waals surface area contributed by atoms with Gasteiger partial charge in [-0.15, -0.1) is 0 Å². The molecule has 1 aliphatic heterocycles. The Morgan fingerprint density at radius 1 is 1.00 bits per heavy atom. The molecule has 292 valence electrons. The van der Waals surface area contributed by atoms with E-state index in [9.17, 15) is 24.0 Å². The summed E-state index contributed by atoms with van der Waals surface area (Å²) in [6.45, 7) is 21.2. The molecule has 6 atom stereocenters. The van der Waals surface area contributed by atoms with E-state index in [1.165, 1.54) is 19.0 Å². The van der Waals surface area contributed by atoms with Crippen molar-refractivity contribution in [3.63, 3.8) is 0 Å². The van der Waals surface area contributed by atoms with Crippen LogP contribution in [0.5, 0.6) is 0 Å². The number of fused-ring (bicyclic) bond motifs is 1. The maximum atomic E-state index is 14.2. The highest BCUT2D eigenvalue weighted by atomic mass is 28.4. The number of carbonyl (C=O) groups excluding carboxylic acids is 5. The van der Waals surface area contributed by atoms with Crippen LogP contribution in [0.25, 0.3) is 17.0 Å². The number of methoxy groups -OCH3 is 1. The summed E-state index contributed by atoms with van der Waals surface area (Å²) in [4.78, 5) is 69.4. The quantitative estimate of drug-likeness (QED) is 0.172. The molecule has 0 unspecified atom stereocenters. The van der Waals surface area contributed by atoms with Crippen LogP contribution < -0.4 is 16.1 Å². The predicted molar refractivity (Wildman–Crippen MR) is 206 cm³/mol. The van der Waals surface area contributed by atoms with E-state index >= 15 is 0 Å². The number of benzene rings is 1. The molecule has 1 aromatic carbocycles. The van der Waals surface area contributed by atoms with E-state index in [-0.39, 0.29) is 16.9 Å². The first kappa shape index (κ1) is 43.3.